The van der Waals surface area contributed by atoms with Crippen LogP contribution in [0, 0.1) is 0 Å². The van der Waals surface area contributed by atoms with E-state index in [1.54, 1.807) is 43.3 Å². The number of anilines is 1. The lowest BCUT2D eigenvalue weighted by Crippen LogP contribution is -2.30. The van der Waals surface area contributed by atoms with Gasteiger partial charge in [0, 0.05) is 27.7 Å². The van der Waals surface area contributed by atoms with Gasteiger partial charge in [0.2, 0.25) is 0 Å². The van der Waals surface area contributed by atoms with Gasteiger partial charge in [-0.25, -0.2) is 4.79 Å². The third-order valence-corrected chi connectivity index (χ3v) is 3.86. The number of benzene rings is 2. The van der Waals surface area contributed by atoms with E-state index in [-0.39, 0.29) is 5.91 Å². The number of hydrogen-bond donors (Lipinski definition) is 1. The first-order valence-electron chi connectivity index (χ1n) is 7.28. The second-order valence-corrected chi connectivity index (χ2v) is 6.13. The summed E-state index contributed by atoms with van der Waals surface area (Å²) < 4.78 is 11.6. The normalized spacial score (nSPS) is 11.9. The summed E-state index contributed by atoms with van der Waals surface area (Å²) in [5, 5.41) is 3.57. The first-order valence-corrected chi connectivity index (χ1v) is 8.07. The summed E-state index contributed by atoms with van der Waals surface area (Å²) >= 11 is 3.35. The zero-order chi connectivity index (χ0) is 17.1. The van der Waals surface area contributed by atoms with Gasteiger partial charge in [0.15, 0.2) is 6.10 Å². The van der Waals surface area contributed by atoms with E-state index in [0.29, 0.717) is 17.0 Å². The molecule has 24 heavy (non-hydrogen) atoms. The van der Waals surface area contributed by atoms with Crippen LogP contribution in [0.15, 0.2) is 68.3 Å². The van der Waals surface area contributed by atoms with Crippen molar-refractivity contribution in [3.8, 4) is 5.75 Å². The Morgan fingerprint density at radius 3 is 2.75 bits per heavy atom. The molecule has 6 heteroatoms. The fourth-order valence-corrected chi connectivity index (χ4v) is 2.58. The van der Waals surface area contributed by atoms with E-state index in [2.05, 4.69) is 21.2 Å². The van der Waals surface area contributed by atoms with Gasteiger partial charge >= 0.3 is 5.63 Å². The average molecular weight is 388 g/mol. The lowest BCUT2D eigenvalue weighted by Gasteiger charge is -2.15. The predicted molar refractivity (Wildman–Crippen MR) is 95.3 cm³/mol. The molecule has 0 aliphatic carbocycles. The molecule has 1 heterocycles. The summed E-state index contributed by atoms with van der Waals surface area (Å²) in [6.07, 6.45) is -0.711. The van der Waals surface area contributed by atoms with Crippen molar-refractivity contribution in [1.82, 2.24) is 0 Å². The molecule has 1 N–H and O–H groups in total. The highest BCUT2D eigenvalue weighted by Gasteiger charge is 2.15. The highest BCUT2D eigenvalue weighted by atomic mass is 79.9. The van der Waals surface area contributed by atoms with Crippen LogP contribution >= 0.6 is 15.9 Å². The molecule has 0 saturated heterocycles. The Kier molecular flexibility index (Phi) is 4.66. The summed E-state index contributed by atoms with van der Waals surface area (Å²) in [5.41, 5.74) is 0.661. The van der Waals surface area contributed by atoms with Gasteiger partial charge in [0.1, 0.15) is 11.3 Å². The molecule has 3 rings (SSSR count). The van der Waals surface area contributed by atoms with Gasteiger partial charge in [0.25, 0.3) is 5.91 Å². The van der Waals surface area contributed by atoms with Gasteiger partial charge < -0.3 is 14.5 Å². The number of amides is 1. The maximum absolute atomic E-state index is 12.2. The van der Waals surface area contributed by atoms with E-state index < -0.39 is 11.7 Å². The summed E-state index contributed by atoms with van der Waals surface area (Å²) in [4.78, 5) is 23.5. The summed E-state index contributed by atoms with van der Waals surface area (Å²) in [6, 6.07) is 15.4. The molecule has 122 valence electrons. The molecule has 0 bridgehead atoms. The molecule has 1 atom stereocenters. The summed E-state index contributed by atoms with van der Waals surface area (Å²) in [7, 11) is 0. The molecule has 5 nitrogen and oxygen atoms in total. The Labute approximate surface area is 146 Å². The highest BCUT2D eigenvalue weighted by molar-refractivity contribution is 9.10. The molecule has 0 aliphatic heterocycles. The molecular weight excluding hydrogens is 374 g/mol. The van der Waals surface area contributed by atoms with Gasteiger partial charge in [-0.1, -0.05) is 22.0 Å². The molecule has 1 amide bonds. The first kappa shape index (κ1) is 16.3. The van der Waals surface area contributed by atoms with Crippen LogP contribution in [0.3, 0.4) is 0 Å². The highest BCUT2D eigenvalue weighted by Crippen LogP contribution is 2.21. The molecule has 0 fully saturated rings. The van der Waals surface area contributed by atoms with Gasteiger partial charge in [-0.3, -0.25) is 4.79 Å². The van der Waals surface area contributed by atoms with E-state index in [1.807, 2.05) is 12.1 Å². The SMILES string of the molecule is C[C@@H](Oc1ccc2ccc(=O)oc2c1)C(=O)Nc1cccc(Br)c1. The van der Waals surface area contributed by atoms with Crippen molar-refractivity contribution in [2.24, 2.45) is 0 Å². The molecule has 1 aromatic heterocycles. The Morgan fingerprint density at radius 2 is 1.96 bits per heavy atom. The minimum absolute atomic E-state index is 0.275. The number of carbonyl (C=O) groups is 1. The van der Waals surface area contributed by atoms with Crippen molar-refractivity contribution in [3.63, 3.8) is 0 Å². The van der Waals surface area contributed by atoms with Crippen molar-refractivity contribution < 1.29 is 13.9 Å². The number of ether oxygens (including phenoxy) is 1. The van der Waals surface area contributed by atoms with Crippen LogP contribution < -0.4 is 15.7 Å². The molecule has 0 radical (unpaired) electrons. The maximum Gasteiger partial charge on any atom is 0.336 e. The number of halogens is 1. The van der Waals surface area contributed by atoms with Crippen LogP contribution in [0.1, 0.15) is 6.92 Å². The van der Waals surface area contributed by atoms with Crippen LogP contribution in [0.2, 0.25) is 0 Å². The topological polar surface area (TPSA) is 68.5 Å². The van der Waals surface area contributed by atoms with Crippen molar-refractivity contribution in [2.75, 3.05) is 5.32 Å². The van der Waals surface area contributed by atoms with E-state index in [9.17, 15) is 9.59 Å². The van der Waals surface area contributed by atoms with E-state index in [0.717, 1.165) is 9.86 Å². The quantitative estimate of drug-likeness (QED) is 0.687. The number of carbonyl (C=O) groups excluding carboxylic acids is 1. The van der Waals surface area contributed by atoms with Crippen LogP contribution in [0.25, 0.3) is 11.0 Å². The predicted octanol–water partition coefficient (Wildman–Crippen LogP) is 3.96. The minimum Gasteiger partial charge on any atom is -0.481 e. The Balaban J connectivity index is 1.72. The van der Waals surface area contributed by atoms with E-state index in [4.69, 9.17) is 9.15 Å². The second-order valence-electron chi connectivity index (χ2n) is 5.21. The maximum atomic E-state index is 12.2. The van der Waals surface area contributed by atoms with Gasteiger partial charge in [-0.05, 0) is 43.3 Å². The first-order chi connectivity index (χ1) is 11.5. The minimum atomic E-state index is -0.711. The lowest BCUT2D eigenvalue weighted by atomic mass is 10.2. The van der Waals surface area contributed by atoms with Gasteiger partial charge in [-0.15, -0.1) is 0 Å². The molecular formula is C18H14BrNO4. The van der Waals surface area contributed by atoms with Crippen LogP contribution in [-0.4, -0.2) is 12.0 Å². The van der Waals surface area contributed by atoms with Crippen LogP contribution in [0.4, 0.5) is 5.69 Å². The molecule has 2 aromatic carbocycles. The smallest absolute Gasteiger partial charge is 0.336 e. The van der Waals surface area contributed by atoms with Crippen molar-refractivity contribution in [2.45, 2.75) is 13.0 Å². The van der Waals surface area contributed by atoms with Crippen LogP contribution in [-0.2, 0) is 4.79 Å². The second kappa shape index (κ2) is 6.88. The molecule has 0 aliphatic rings. The number of hydrogen-bond acceptors (Lipinski definition) is 4. The molecule has 0 spiro atoms. The number of fused-ring (bicyclic) bond motifs is 1. The third kappa shape index (κ3) is 3.83. The Hall–Kier alpha value is -2.60. The van der Waals surface area contributed by atoms with Crippen molar-refractivity contribution >= 4 is 38.5 Å². The molecule has 0 unspecified atom stereocenters. The summed E-state index contributed by atoms with van der Waals surface area (Å²) in [5.74, 6) is 0.177. The lowest BCUT2D eigenvalue weighted by molar-refractivity contribution is -0.122. The fraction of sp³-hybridized carbons (Fsp3) is 0.111. The zero-order valence-electron chi connectivity index (χ0n) is 12.8. The average Bonchev–Trinajstić information content (AvgIpc) is 2.54. The fourth-order valence-electron chi connectivity index (χ4n) is 2.18. The largest absolute Gasteiger partial charge is 0.481 e. The molecule has 0 saturated carbocycles. The Morgan fingerprint density at radius 1 is 1.17 bits per heavy atom. The Bertz CT molecular complexity index is 951. The van der Waals surface area contributed by atoms with E-state index in [1.165, 1.54) is 6.07 Å². The monoisotopic (exact) mass is 387 g/mol. The van der Waals surface area contributed by atoms with Crippen molar-refractivity contribution in [3.05, 3.63) is 69.5 Å². The van der Waals surface area contributed by atoms with Crippen molar-refractivity contribution in [1.29, 1.82) is 0 Å². The standard InChI is InChI=1S/C18H14BrNO4/c1-11(18(22)20-14-4-2-3-13(19)9-14)23-15-7-5-12-6-8-17(21)24-16(12)10-15/h2-11H,1H3,(H,20,22)/t11-/m1/s1. The summed E-state index contributed by atoms with van der Waals surface area (Å²) in [6.45, 7) is 1.65. The third-order valence-electron chi connectivity index (χ3n) is 3.37. The number of nitrogens with one attached hydrogen (secondary N) is 1. The van der Waals surface area contributed by atoms with Gasteiger partial charge in [0.05, 0.1) is 0 Å². The van der Waals surface area contributed by atoms with Gasteiger partial charge in [-0.2, -0.15) is 0 Å². The van der Waals surface area contributed by atoms with E-state index >= 15 is 0 Å². The zero-order valence-corrected chi connectivity index (χ0v) is 14.4. The molecule has 3 aromatic rings. The van der Waals surface area contributed by atoms with Crippen LogP contribution in [0.5, 0.6) is 5.75 Å². The number of rotatable bonds is 4.